The van der Waals surface area contributed by atoms with Crippen LogP contribution in [0.15, 0.2) is 0 Å². The molecule has 0 radical (unpaired) electrons. The van der Waals surface area contributed by atoms with Gasteiger partial charge in [0.2, 0.25) is 0 Å². The number of aliphatic hydroxyl groups excluding tert-OH is 1. The van der Waals surface area contributed by atoms with Crippen molar-refractivity contribution in [3.63, 3.8) is 0 Å². The third-order valence-electron chi connectivity index (χ3n) is 3.55. The number of hydrogen-bond donors (Lipinski definition) is 1. The molecule has 1 N–H and O–H groups in total. The second kappa shape index (κ2) is 3.75. The molecular weight excluding hydrogens is 152 g/mol. The molecule has 0 aliphatic carbocycles. The Balaban J connectivity index is 2.63. The summed E-state index contributed by atoms with van der Waals surface area (Å²) in [6.07, 6.45) is 0.333. The van der Waals surface area contributed by atoms with Crippen LogP contribution in [0, 0.1) is 17.8 Å². The highest BCUT2D eigenvalue weighted by Gasteiger charge is 2.36. The molecule has 1 rings (SSSR count). The molecule has 0 bridgehead atoms. The zero-order chi connectivity index (χ0) is 9.30. The van der Waals surface area contributed by atoms with Gasteiger partial charge in [-0.05, 0) is 24.7 Å². The van der Waals surface area contributed by atoms with E-state index >= 15 is 0 Å². The maximum atomic E-state index is 9.06. The molecule has 0 amide bonds. The van der Waals surface area contributed by atoms with E-state index < -0.39 is 0 Å². The summed E-state index contributed by atoms with van der Waals surface area (Å²) in [5.41, 5.74) is 0. The summed E-state index contributed by atoms with van der Waals surface area (Å²) in [4.78, 5) is 0. The van der Waals surface area contributed by atoms with Crippen LogP contribution >= 0.6 is 0 Å². The molecule has 0 aromatic carbocycles. The Labute approximate surface area is 74.9 Å². The van der Waals surface area contributed by atoms with Gasteiger partial charge in [0, 0.05) is 0 Å². The van der Waals surface area contributed by atoms with Gasteiger partial charge in [-0.2, -0.15) is 0 Å². The Morgan fingerprint density at radius 3 is 2.08 bits per heavy atom. The van der Waals surface area contributed by atoms with Gasteiger partial charge in [0.05, 0.1) is 18.8 Å². The molecule has 12 heavy (non-hydrogen) atoms. The summed E-state index contributed by atoms with van der Waals surface area (Å²) in [5, 5.41) is 9.06. The van der Waals surface area contributed by atoms with E-state index in [1.165, 1.54) is 0 Å². The zero-order valence-electron chi connectivity index (χ0n) is 8.45. The fourth-order valence-corrected chi connectivity index (χ4v) is 1.98. The summed E-state index contributed by atoms with van der Waals surface area (Å²) in [7, 11) is 0. The highest BCUT2D eigenvalue weighted by atomic mass is 16.5. The van der Waals surface area contributed by atoms with E-state index in [1.54, 1.807) is 0 Å². The van der Waals surface area contributed by atoms with E-state index in [0.29, 0.717) is 17.8 Å². The van der Waals surface area contributed by atoms with Gasteiger partial charge < -0.3 is 9.84 Å². The fraction of sp³-hybridized carbons (Fsp3) is 1.00. The van der Waals surface area contributed by atoms with Gasteiger partial charge in [-0.1, -0.05) is 20.8 Å². The third kappa shape index (κ3) is 1.64. The van der Waals surface area contributed by atoms with Crippen LogP contribution in [-0.2, 0) is 4.74 Å². The molecule has 1 heterocycles. The van der Waals surface area contributed by atoms with E-state index in [2.05, 4.69) is 27.7 Å². The van der Waals surface area contributed by atoms with Crippen LogP contribution in [0.25, 0.3) is 0 Å². The average Bonchev–Trinajstić information content (AvgIpc) is 2.08. The SMILES string of the molecule is C[C@@H]1[C@@H](C)[C@H](C)O[C@H](CO)[C@H]1C. The van der Waals surface area contributed by atoms with Gasteiger partial charge in [0.15, 0.2) is 0 Å². The second-order valence-corrected chi connectivity index (χ2v) is 4.14. The van der Waals surface area contributed by atoms with Crippen LogP contribution in [0.5, 0.6) is 0 Å². The second-order valence-electron chi connectivity index (χ2n) is 4.14. The molecule has 0 aromatic rings. The van der Waals surface area contributed by atoms with Crippen molar-refractivity contribution in [2.24, 2.45) is 17.8 Å². The summed E-state index contributed by atoms with van der Waals surface area (Å²) in [6, 6.07) is 0. The van der Waals surface area contributed by atoms with Crippen molar-refractivity contribution >= 4 is 0 Å². The normalized spacial score (nSPS) is 49.2. The van der Waals surface area contributed by atoms with Crippen LogP contribution < -0.4 is 0 Å². The molecule has 5 atom stereocenters. The Morgan fingerprint density at radius 2 is 1.58 bits per heavy atom. The lowest BCUT2D eigenvalue weighted by atomic mass is 9.77. The molecule has 1 saturated heterocycles. The Hall–Kier alpha value is -0.0800. The first kappa shape index (κ1) is 10.0. The lowest BCUT2D eigenvalue weighted by Crippen LogP contribution is -2.44. The number of rotatable bonds is 1. The minimum absolute atomic E-state index is 0.0474. The van der Waals surface area contributed by atoms with Crippen molar-refractivity contribution < 1.29 is 9.84 Å². The Kier molecular flexibility index (Phi) is 3.13. The highest BCUT2D eigenvalue weighted by molar-refractivity contribution is 4.83. The van der Waals surface area contributed by atoms with E-state index in [1.807, 2.05) is 0 Å². The first-order valence-electron chi connectivity index (χ1n) is 4.84. The van der Waals surface area contributed by atoms with Crippen LogP contribution in [0.2, 0.25) is 0 Å². The lowest BCUT2D eigenvalue weighted by molar-refractivity contribution is -0.140. The van der Waals surface area contributed by atoms with Crippen molar-refractivity contribution in [2.45, 2.75) is 39.9 Å². The first-order valence-corrected chi connectivity index (χ1v) is 4.84. The first-order chi connectivity index (χ1) is 5.57. The quantitative estimate of drug-likeness (QED) is 0.652. The lowest BCUT2D eigenvalue weighted by Gasteiger charge is -2.41. The Morgan fingerprint density at radius 1 is 1.00 bits per heavy atom. The number of aliphatic hydroxyl groups is 1. The maximum Gasteiger partial charge on any atom is 0.0837 e. The summed E-state index contributed by atoms with van der Waals surface area (Å²) >= 11 is 0. The van der Waals surface area contributed by atoms with Gasteiger partial charge >= 0.3 is 0 Å². The summed E-state index contributed by atoms with van der Waals surface area (Å²) < 4.78 is 5.68. The smallest absolute Gasteiger partial charge is 0.0837 e. The van der Waals surface area contributed by atoms with E-state index in [0.717, 1.165) is 0 Å². The van der Waals surface area contributed by atoms with Gasteiger partial charge in [-0.15, -0.1) is 0 Å². The van der Waals surface area contributed by atoms with Crippen molar-refractivity contribution in [1.82, 2.24) is 0 Å². The summed E-state index contributed by atoms with van der Waals surface area (Å²) in [5.74, 6) is 1.72. The van der Waals surface area contributed by atoms with Gasteiger partial charge in [-0.25, -0.2) is 0 Å². The standard InChI is InChI=1S/C10H20O2/c1-6-7(2)9(4)12-10(5-11)8(6)3/h6-11H,5H2,1-4H3/t6-,7-,8+,9+,10-/m1/s1. The highest BCUT2D eigenvalue weighted by Crippen LogP contribution is 2.34. The number of hydrogen-bond acceptors (Lipinski definition) is 2. The largest absolute Gasteiger partial charge is 0.394 e. The average molecular weight is 172 g/mol. The molecule has 1 aliphatic rings. The molecule has 0 unspecified atom stereocenters. The van der Waals surface area contributed by atoms with E-state index in [4.69, 9.17) is 9.84 Å². The fourth-order valence-electron chi connectivity index (χ4n) is 1.98. The third-order valence-corrected chi connectivity index (χ3v) is 3.55. The van der Waals surface area contributed by atoms with Crippen LogP contribution in [0.1, 0.15) is 27.7 Å². The summed E-state index contributed by atoms with van der Waals surface area (Å²) in [6.45, 7) is 8.88. The molecule has 0 aromatic heterocycles. The topological polar surface area (TPSA) is 29.5 Å². The maximum absolute atomic E-state index is 9.06. The molecule has 1 aliphatic heterocycles. The van der Waals surface area contributed by atoms with Gasteiger partial charge in [-0.3, -0.25) is 0 Å². The minimum atomic E-state index is 0.0474. The molecule has 2 heteroatoms. The van der Waals surface area contributed by atoms with Crippen LogP contribution in [-0.4, -0.2) is 23.9 Å². The van der Waals surface area contributed by atoms with Crippen molar-refractivity contribution in [3.05, 3.63) is 0 Å². The van der Waals surface area contributed by atoms with Crippen LogP contribution in [0.4, 0.5) is 0 Å². The van der Waals surface area contributed by atoms with Crippen LogP contribution in [0.3, 0.4) is 0 Å². The van der Waals surface area contributed by atoms with Crippen molar-refractivity contribution in [3.8, 4) is 0 Å². The zero-order valence-corrected chi connectivity index (χ0v) is 8.45. The van der Waals surface area contributed by atoms with Gasteiger partial charge in [0.25, 0.3) is 0 Å². The van der Waals surface area contributed by atoms with E-state index in [-0.39, 0.29) is 18.8 Å². The molecule has 0 saturated carbocycles. The minimum Gasteiger partial charge on any atom is -0.394 e. The monoisotopic (exact) mass is 172 g/mol. The van der Waals surface area contributed by atoms with Crippen molar-refractivity contribution in [2.75, 3.05) is 6.61 Å². The predicted molar refractivity (Wildman–Crippen MR) is 48.9 cm³/mol. The molecule has 2 nitrogen and oxygen atoms in total. The molecule has 0 spiro atoms. The molecular formula is C10H20O2. The number of ether oxygens (including phenoxy) is 1. The Bertz CT molecular complexity index is 142. The van der Waals surface area contributed by atoms with Crippen molar-refractivity contribution in [1.29, 1.82) is 0 Å². The molecule has 72 valence electrons. The molecule has 1 fully saturated rings. The van der Waals surface area contributed by atoms with E-state index in [9.17, 15) is 0 Å². The van der Waals surface area contributed by atoms with Gasteiger partial charge in [0.1, 0.15) is 0 Å². The predicted octanol–water partition coefficient (Wildman–Crippen LogP) is 1.67.